The fraction of sp³-hybridized carbons (Fsp3) is 0.250. The summed E-state index contributed by atoms with van der Waals surface area (Å²) in [5.41, 5.74) is 5.46. The lowest BCUT2D eigenvalue weighted by molar-refractivity contribution is 0.0684. The first-order chi connectivity index (χ1) is 16.0. The minimum absolute atomic E-state index is 0.341. The van der Waals surface area contributed by atoms with Gasteiger partial charge in [0, 0.05) is 36.1 Å². The van der Waals surface area contributed by atoms with E-state index >= 15 is 0 Å². The first-order valence-electron chi connectivity index (χ1n) is 11.2. The van der Waals surface area contributed by atoms with E-state index in [1.165, 1.54) is 5.56 Å². The minimum atomic E-state index is -0.911. The van der Waals surface area contributed by atoms with E-state index in [9.17, 15) is 9.90 Å². The normalized spacial score (nSPS) is 11.3. The summed E-state index contributed by atoms with van der Waals surface area (Å²) in [4.78, 5) is 12.5. The summed E-state index contributed by atoms with van der Waals surface area (Å²) in [6, 6.07) is 24.2. The maximum atomic E-state index is 12.5. The van der Waals surface area contributed by atoms with Crippen LogP contribution in [0.5, 0.6) is 5.75 Å². The maximum Gasteiger partial charge on any atom is 0.352 e. The van der Waals surface area contributed by atoms with Gasteiger partial charge in [-0.05, 0) is 40.8 Å². The van der Waals surface area contributed by atoms with Crippen molar-refractivity contribution in [1.82, 2.24) is 9.88 Å². The van der Waals surface area contributed by atoms with E-state index in [4.69, 9.17) is 4.74 Å². The fourth-order valence-electron chi connectivity index (χ4n) is 4.27. The van der Waals surface area contributed by atoms with Gasteiger partial charge in [0.25, 0.3) is 0 Å². The quantitative estimate of drug-likeness (QED) is 0.343. The Hall–Kier alpha value is -3.57. The first kappa shape index (κ1) is 22.6. The van der Waals surface area contributed by atoms with Crippen LogP contribution >= 0.6 is 0 Å². The Morgan fingerprint density at radius 3 is 2.42 bits per heavy atom. The van der Waals surface area contributed by atoms with Gasteiger partial charge in [-0.1, -0.05) is 68.4 Å². The molecule has 1 aromatic heterocycles. The second kappa shape index (κ2) is 9.92. The molecule has 0 aliphatic rings. The van der Waals surface area contributed by atoms with Crippen LogP contribution in [0, 0.1) is 0 Å². The number of aromatic nitrogens is 1. The van der Waals surface area contributed by atoms with E-state index in [0.29, 0.717) is 31.2 Å². The smallest absolute Gasteiger partial charge is 0.352 e. The molecule has 5 nitrogen and oxygen atoms in total. The highest BCUT2D eigenvalue weighted by Gasteiger charge is 2.23. The molecule has 0 atom stereocenters. The van der Waals surface area contributed by atoms with Gasteiger partial charge in [0.2, 0.25) is 0 Å². The van der Waals surface area contributed by atoms with Crippen molar-refractivity contribution >= 4 is 16.9 Å². The average molecular weight is 443 g/mol. The highest BCUT2D eigenvalue weighted by Crippen LogP contribution is 2.30. The first-order valence-corrected chi connectivity index (χ1v) is 11.2. The summed E-state index contributed by atoms with van der Waals surface area (Å²) in [6.07, 6.45) is 0. The molecule has 0 saturated carbocycles. The highest BCUT2D eigenvalue weighted by atomic mass is 16.5. The Bertz CT molecular complexity index is 1260. The molecule has 4 aromatic rings. The molecular weight excluding hydrogens is 412 g/mol. The monoisotopic (exact) mass is 442 g/mol. The van der Waals surface area contributed by atoms with E-state index in [1.54, 1.807) is 7.11 Å². The van der Waals surface area contributed by atoms with Crippen LogP contribution in [0.4, 0.5) is 0 Å². The van der Waals surface area contributed by atoms with Crippen LogP contribution in [-0.2, 0) is 19.6 Å². The van der Waals surface area contributed by atoms with Gasteiger partial charge < -0.3 is 19.7 Å². The van der Waals surface area contributed by atoms with Gasteiger partial charge >= 0.3 is 5.97 Å². The van der Waals surface area contributed by atoms with Gasteiger partial charge in [0.05, 0.1) is 7.11 Å². The van der Waals surface area contributed by atoms with E-state index in [2.05, 4.69) is 37.4 Å². The summed E-state index contributed by atoms with van der Waals surface area (Å²) in [6.45, 7) is 5.89. The molecule has 0 bridgehead atoms. The number of nitrogens with zero attached hydrogens (tertiary/aromatic N) is 1. The van der Waals surface area contributed by atoms with Crippen molar-refractivity contribution < 1.29 is 14.6 Å². The lowest BCUT2D eigenvalue weighted by atomic mass is 10.0. The van der Waals surface area contributed by atoms with Gasteiger partial charge in [-0.25, -0.2) is 4.79 Å². The third-order valence-electron chi connectivity index (χ3n) is 6.01. The van der Waals surface area contributed by atoms with Crippen molar-refractivity contribution in [2.75, 3.05) is 7.11 Å². The van der Waals surface area contributed by atoms with Crippen molar-refractivity contribution in [3.63, 3.8) is 0 Å². The zero-order chi connectivity index (χ0) is 23.4. The number of carbonyl (C=O) groups is 1. The van der Waals surface area contributed by atoms with Gasteiger partial charge in [0.15, 0.2) is 0 Å². The predicted molar refractivity (Wildman–Crippen MR) is 132 cm³/mol. The van der Waals surface area contributed by atoms with Crippen LogP contribution < -0.4 is 10.1 Å². The molecular formula is C28H30N2O3. The van der Waals surface area contributed by atoms with E-state index < -0.39 is 5.97 Å². The molecule has 0 aliphatic carbocycles. The molecule has 4 rings (SSSR count). The predicted octanol–water partition coefficient (Wildman–Crippen LogP) is 5.81. The van der Waals surface area contributed by atoms with Crippen LogP contribution in [0.15, 0.2) is 72.8 Å². The number of nitrogens with one attached hydrogen (secondary N) is 1. The number of carboxylic acids is 1. The molecule has 2 N–H and O–H groups in total. The van der Waals surface area contributed by atoms with Crippen LogP contribution in [0.1, 0.15) is 52.5 Å². The largest absolute Gasteiger partial charge is 0.497 e. The van der Waals surface area contributed by atoms with Crippen molar-refractivity contribution in [3.8, 4) is 5.75 Å². The number of rotatable bonds is 9. The SMILES string of the molecule is COc1cccc(CNCc2c(C(=O)O)n(Cc3ccccc3)c3cc(C(C)C)ccc23)c1. The summed E-state index contributed by atoms with van der Waals surface area (Å²) in [5.74, 6) is 0.255. The third kappa shape index (κ3) is 4.94. The lowest BCUT2D eigenvalue weighted by Gasteiger charge is -2.11. The number of hydrogen-bond acceptors (Lipinski definition) is 3. The second-order valence-electron chi connectivity index (χ2n) is 8.59. The van der Waals surface area contributed by atoms with E-state index in [1.807, 2.05) is 59.2 Å². The molecule has 0 amide bonds. The molecule has 3 aromatic carbocycles. The van der Waals surface area contributed by atoms with Gasteiger partial charge in [0.1, 0.15) is 11.4 Å². The van der Waals surface area contributed by atoms with Crippen LogP contribution in [0.3, 0.4) is 0 Å². The Morgan fingerprint density at radius 1 is 0.970 bits per heavy atom. The Morgan fingerprint density at radius 2 is 1.73 bits per heavy atom. The van der Waals surface area contributed by atoms with Crippen LogP contribution in [-0.4, -0.2) is 22.8 Å². The van der Waals surface area contributed by atoms with Crippen molar-refractivity contribution in [2.45, 2.75) is 39.4 Å². The standard InChI is InChI=1S/C28H30N2O3/c1-19(2)22-12-13-24-25(17-29-16-21-10-7-11-23(14-21)33-3)27(28(31)32)30(26(24)15-22)18-20-8-5-4-6-9-20/h4-15,19,29H,16-18H2,1-3H3,(H,31,32). The number of carboxylic acid groups (broad SMARTS) is 1. The van der Waals surface area contributed by atoms with Crippen molar-refractivity contribution in [3.05, 3.63) is 101 Å². The zero-order valence-electron chi connectivity index (χ0n) is 19.3. The summed E-state index contributed by atoms with van der Waals surface area (Å²) < 4.78 is 7.26. The van der Waals surface area contributed by atoms with E-state index in [-0.39, 0.29) is 0 Å². The fourth-order valence-corrected chi connectivity index (χ4v) is 4.27. The highest BCUT2D eigenvalue weighted by molar-refractivity contribution is 5.98. The Kier molecular flexibility index (Phi) is 6.80. The molecule has 0 aliphatic heterocycles. The average Bonchev–Trinajstić information content (AvgIpc) is 3.12. The van der Waals surface area contributed by atoms with Crippen molar-refractivity contribution in [1.29, 1.82) is 0 Å². The van der Waals surface area contributed by atoms with Gasteiger partial charge in [-0.3, -0.25) is 0 Å². The lowest BCUT2D eigenvalue weighted by Crippen LogP contribution is -2.17. The molecule has 5 heteroatoms. The topological polar surface area (TPSA) is 63.5 Å². The second-order valence-corrected chi connectivity index (χ2v) is 8.59. The maximum absolute atomic E-state index is 12.5. The van der Waals surface area contributed by atoms with E-state index in [0.717, 1.165) is 33.3 Å². The Labute approximate surface area is 194 Å². The molecule has 170 valence electrons. The molecule has 0 unspecified atom stereocenters. The molecule has 0 saturated heterocycles. The molecule has 33 heavy (non-hydrogen) atoms. The summed E-state index contributed by atoms with van der Waals surface area (Å²) >= 11 is 0. The number of ether oxygens (including phenoxy) is 1. The number of methoxy groups -OCH3 is 1. The molecule has 0 radical (unpaired) electrons. The minimum Gasteiger partial charge on any atom is -0.497 e. The van der Waals surface area contributed by atoms with Crippen molar-refractivity contribution in [2.24, 2.45) is 0 Å². The third-order valence-corrected chi connectivity index (χ3v) is 6.01. The van der Waals surface area contributed by atoms with Gasteiger partial charge in [-0.15, -0.1) is 0 Å². The molecule has 0 fully saturated rings. The Balaban J connectivity index is 1.74. The molecule has 0 spiro atoms. The zero-order valence-corrected chi connectivity index (χ0v) is 19.3. The summed E-state index contributed by atoms with van der Waals surface area (Å²) in [7, 11) is 1.65. The number of benzene rings is 3. The van der Waals surface area contributed by atoms with Crippen LogP contribution in [0.2, 0.25) is 0 Å². The number of fused-ring (bicyclic) bond motifs is 1. The number of aromatic carboxylic acids is 1. The summed E-state index contributed by atoms with van der Waals surface area (Å²) in [5, 5.41) is 14.6. The number of hydrogen-bond donors (Lipinski definition) is 2. The van der Waals surface area contributed by atoms with Gasteiger partial charge in [-0.2, -0.15) is 0 Å². The molecule has 1 heterocycles. The van der Waals surface area contributed by atoms with Crippen LogP contribution in [0.25, 0.3) is 10.9 Å².